The second kappa shape index (κ2) is 6.48. The van der Waals surface area contributed by atoms with E-state index in [4.69, 9.17) is 4.74 Å². The van der Waals surface area contributed by atoms with Gasteiger partial charge in [0.1, 0.15) is 11.6 Å². The number of ether oxygens (including phenoxy) is 1. The first-order chi connectivity index (χ1) is 11.7. The number of piperidine rings is 1. The molecule has 2 aliphatic heterocycles. The van der Waals surface area contributed by atoms with Crippen LogP contribution in [0, 0.1) is 12.3 Å². The molecule has 0 amide bonds. The van der Waals surface area contributed by atoms with Crippen LogP contribution in [0.5, 0.6) is 0 Å². The number of aryl methyl sites for hydroxylation is 1. The van der Waals surface area contributed by atoms with E-state index in [1.807, 2.05) is 31.5 Å². The normalized spacial score (nSPS) is 22.9. The SMILES string of the molecule is Cc1nccc(N2CCC3(CC2)CO[C@H](Cc2ccccn2)C3)n1. The third kappa shape index (κ3) is 3.26. The van der Waals surface area contributed by atoms with E-state index >= 15 is 0 Å². The second-order valence-electron chi connectivity index (χ2n) is 7.11. The van der Waals surface area contributed by atoms with Crippen molar-refractivity contribution in [2.24, 2.45) is 5.41 Å². The monoisotopic (exact) mass is 324 g/mol. The van der Waals surface area contributed by atoms with Gasteiger partial charge < -0.3 is 9.64 Å². The van der Waals surface area contributed by atoms with Gasteiger partial charge in [0, 0.05) is 37.6 Å². The predicted molar refractivity (Wildman–Crippen MR) is 92.9 cm³/mol. The van der Waals surface area contributed by atoms with Gasteiger partial charge in [0.15, 0.2) is 0 Å². The van der Waals surface area contributed by atoms with Crippen molar-refractivity contribution >= 4 is 5.82 Å². The highest BCUT2D eigenvalue weighted by molar-refractivity contribution is 5.38. The van der Waals surface area contributed by atoms with Gasteiger partial charge in [-0.15, -0.1) is 0 Å². The number of nitrogens with zero attached hydrogens (tertiary/aromatic N) is 4. The third-order valence-corrected chi connectivity index (χ3v) is 5.36. The molecule has 0 bridgehead atoms. The van der Waals surface area contributed by atoms with Gasteiger partial charge in [0.25, 0.3) is 0 Å². The van der Waals surface area contributed by atoms with Crippen molar-refractivity contribution in [3.8, 4) is 0 Å². The first kappa shape index (κ1) is 15.5. The van der Waals surface area contributed by atoms with E-state index in [-0.39, 0.29) is 0 Å². The highest BCUT2D eigenvalue weighted by Crippen LogP contribution is 2.43. The van der Waals surface area contributed by atoms with Crippen LogP contribution >= 0.6 is 0 Å². The zero-order valence-corrected chi connectivity index (χ0v) is 14.2. The molecule has 4 rings (SSSR count). The van der Waals surface area contributed by atoms with Gasteiger partial charge in [-0.2, -0.15) is 0 Å². The molecule has 0 aromatic carbocycles. The Hall–Kier alpha value is -2.01. The summed E-state index contributed by atoms with van der Waals surface area (Å²) in [6, 6.07) is 8.12. The lowest BCUT2D eigenvalue weighted by atomic mass is 9.76. The first-order valence-corrected chi connectivity index (χ1v) is 8.79. The van der Waals surface area contributed by atoms with E-state index in [1.54, 1.807) is 0 Å². The fraction of sp³-hybridized carbons (Fsp3) is 0.526. The Bertz CT molecular complexity index is 683. The molecule has 1 spiro atoms. The van der Waals surface area contributed by atoms with Crippen LogP contribution in [0.15, 0.2) is 36.7 Å². The maximum Gasteiger partial charge on any atom is 0.132 e. The summed E-state index contributed by atoms with van der Waals surface area (Å²) >= 11 is 0. The van der Waals surface area contributed by atoms with Crippen LogP contribution in [0.2, 0.25) is 0 Å². The van der Waals surface area contributed by atoms with Crippen LogP contribution in [0.25, 0.3) is 0 Å². The maximum atomic E-state index is 6.13. The average molecular weight is 324 g/mol. The summed E-state index contributed by atoms with van der Waals surface area (Å²) < 4.78 is 6.13. The molecule has 126 valence electrons. The van der Waals surface area contributed by atoms with E-state index in [2.05, 4.69) is 32.0 Å². The van der Waals surface area contributed by atoms with Crippen molar-refractivity contribution in [1.29, 1.82) is 0 Å². The lowest BCUT2D eigenvalue weighted by molar-refractivity contribution is 0.0881. The molecule has 2 fully saturated rings. The van der Waals surface area contributed by atoms with Gasteiger partial charge in [0.05, 0.1) is 12.7 Å². The van der Waals surface area contributed by atoms with E-state index in [9.17, 15) is 0 Å². The zero-order valence-electron chi connectivity index (χ0n) is 14.2. The molecule has 2 aromatic heterocycles. The Morgan fingerprint density at radius 2 is 2.04 bits per heavy atom. The number of hydrogen-bond donors (Lipinski definition) is 0. The van der Waals surface area contributed by atoms with Gasteiger partial charge in [-0.1, -0.05) is 6.07 Å². The minimum atomic E-state index is 0.313. The van der Waals surface area contributed by atoms with Crippen molar-refractivity contribution in [3.63, 3.8) is 0 Å². The average Bonchev–Trinajstić information content (AvgIpc) is 2.99. The summed E-state index contributed by atoms with van der Waals surface area (Å²) in [5, 5.41) is 0. The Morgan fingerprint density at radius 1 is 1.17 bits per heavy atom. The van der Waals surface area contributed by atoms with Gasteiger partial charge in [0.2, 0.25) is 0 Å². The number of anilines is 1. The highest BCUT2D eigenvalue weighted by Gasteiger charge is 2.42. The van der Waals surface area contributed by atoms with Crippen molar-refractivity contribution in [1.82, 2.24) is 15.0 Å². The van der Waals surface area contributed by atoms with E-state index in [1.165, 1.54) is 12.8 Å². The number of rotatable bonds is 3. The second-order valence-corrected chi connectivity index (χ2v) is 7.11. The largest absolute Gasteiger partial charge is 0.377 e. The fourth-order valence-electron chi connectivity index (χ4n) is 3.96. The number of aromatic nitrogens is 3. The lowest BCUT2D eigenvalue weighted by Gasteiger charge is -2.39. The first-order valence-electron chi connectivity index (χ1n) is 8.79. The molecule has 2 saturated heterocycles. The topological polar surface area (TPSA) is 51.1 Å². The zero-order chi connectivity index (χ0) is 16.4. The third-order valence-electron chi connectivity index (χ3n) is 5.36. The Morgan fingerprint density at radius 3 is 2.79 bits per heavy atom. The van der Waals surface area contributed by atoms with Gasteiger partial charge >= 0.3 is 0 Å². The quantitative estimate of drug-likeness (QED) is 0.869. The Kier molecular flexibility index (Phi) is 4.19. The molecule has 24 heavy (non-hydrogen) atoms. The summed E-state index contributed by atoms with van der Waals surface area (Å²) in [4.78, 5) is 15.6. The van der Waals surface area contributed by atoms with Crippen LogP contribution in [-0.4, -0.2) is 40.8 Å². The summed E-state index contributed by atoms with van der Waals surface area (Å²) in [5.74, 6) is 1.90. The van der Waals surface area contributed by atoms with E-state index < -0.39 is 0 Å². The summed E-state index contributed by atoms with van der Waals surface area (Å²) in [6.45, 7) is 4.94. The number of pyridine rings is 1. The number of hydrogen-bond acceptors (Lipinski definition) is 5. The maximum absolute atomic E-state index is 6.13. The molecular weight excluding hydrogens is 300 g/mol. The van der Waals surface area contributed by atoms with Crippen LogP contribution in [0.1, 0.15) is 30.8 Å². The minimum absolute atomic E-state index is 0.313. The van der Waals surface area contributed by atoms with Crippen LogP contribution in [-0.2, 0) is 11.2 Å². The molecule has 0 saturated carbocycles. The smallest absolute Gasteiger partial charge is 0.132 e. The molecule has 0 N–H and O–H groups in total. The van der Waals surface area contributed by atoms with Crippen LogP contribution in [0.4, 0.5) is 5.82 Å². The van der Waals surface area contributed by atoms with E-state index in [0.29, 0.717) is 11.5 Å². The fourth-order valence-corrected chi connectivity index (χ4v) is 3.96. The molecular formula is C19H24N4O. The molecule has 4 heterocycles. The summed E-state index contributed by atoms with van der Waals surface area (Å²) in [7, 11) is 0. The summed E-state index contributed by atoms with van der Waals surface area (Å²) in [6.07, 6.45) is 8.46. The molecule has 0 aliphatic carbocycles. The predicted octanol–water partition coefficient (Wildman–Crippen LogP) is 2.80. The van der Waals surface area contributed by atoms with Crippen molar-refractivity contribution in [2.45, 2.75) is 38.7 Å². The standard InChI is InChI=1S/C19H24N4O/c1-15-20-9-5-18(22-15)23-10-6-19(7-11-23)13-17(24-14-19)12-16-4-2-3-8-21-16/h2-5,8-9,17H,6-7,10-14H2,1H3/t17-/m1/s1. The van der Waals surface area contributed by atoms with Gasteiger partial charge in [-0.25, -0.2) is 9.97 Å². The van der Waals surface area contributed by atoms with Crippen LogP contribution < -0.4 is 4.90 Å². The highest BCUT2D eigenvalue weighted by atomic mass is 16.5. The molecule has 1 atom stereocenters. The van der Waals surface area contributed by atoms with Crippen LogP contribution in [0.3, 0.4) is 0 Å². The lowest BCUT2D eigenvalue weighted by Crippen LogP contribution is -2.41. The molecule has 5 nitrogen and oxygen atoms in total. The molecule has 2 aromatic rings. The molecule has 0 unspecified atom stereocenters. The van der Waals surface area contributed by atoms with E-state index in [0.717, 1.165) is 49.9 Å². The van der Waals surface area contributed by atoms with Gasteiger partial charge in [-0.3, -0.25) is 4.98 Å². The molecule has 5 heteroatoms. The minimum Gasteiger partial charge on any atom is -0.377 e. The van der Waals surface area contributed by atoms with Crippen molar-refractivity contribution in [2.75, 3.05) is 24.6 Å². The molecule has 2 aliphatic rings. The summed E-state index contributed by atoms with van der Waals surface area (Å²) in [5.41, 5.74) is 1.48. The molecule has 0 radical (unpaired) electrons. The van der Waals surface area contributed by atoms with Crippen molar-refractivity contribution in [3.05, 3.63) is 48.2 Å². The Balaban J connectivity index is 1.35. The Labute approximate surface area is 143 Å². The van der Waals surface area contributed by atoms with Crippen molar-refractivity contribution < 1.29 is 4.74 Å². The van der Waals surface area contributed by atoms with Gasteiger partial charge in [-0.05, 0) is 49.8 Å².